The van der Waals surface area contributed by atoms with E-state index in [1.54, 1.807) is 12.4 Å². The van der Waals surface area contributed by atoms with Crippen LogP contribution in [0.1, 0.15) is 16.8 Å². The van der Waals surface area contributed by atoms with E-state index < -0.39 is 0 Å². The summed E-state index contributed by atoms with van der Waals surface area (Å²) in [6, 6.07) is 14.1. The van der Waals surface area contributed by atoms with Crippen LogP contribution < -0.4 is 10.6 Å². The van der Waals surface area contributed by atoms with E-state index in [1.807, 2.05) is 37.3 Å². The monoisotopic (exact) mass is 305 g/mol. The van der Waals surface area contributed by atoms with Crippen molar-refractivity contribution in [1.82, 2.24) is 15.0 Å². The summed E-state index contributed by atoms with van der Waals surface area (Å²) < 4.78 is 0. The first-order chi connectivity index (χ1) is 11.2. The minimum absolute atomic E-state index is 0.608. The summed E-state index contributed by atoms with van der Waals surface area (Å²) in [7, 11) is 0. The molecule has 2 N–H and O–H groups in total. The number of aryl methyl sites for hydroxylation is 2. The second-order valence-corrected chi connectivity index (χ2v) is 5.42. The number of rotatable bonds is 5. The number of benzene rings is 1. The van der Waals surface area contributed by atoms with Crippen LogP contribution in [0.3, 0.4) is 0 Å². The molecule has 5 nitrogen and oxygen atoms in total. The molecule has 1 aromatic carbocycles. The maximum atomic E-state index is 4.52. The third-order valence-electron chi connectivity index (χ3n) is 3.34. The zero-order valence-electron chi connectivity index (χ0n) is 13.2. The van der Waals surface area contributed by atoms with E-state index >= 15 is 0 Å². The molecule has 0 fully saturated rings. The lowest BCUT2D eigenvalue weighted by Crippen LogP contribution is -2.06. The molecule has 2 heterocycles. The minimum Gasteiger partial charge on any atom is -0.350 e. The van der Waals surface area contributed by atoms with Crippen molar-refractivity contribution in [3.05, 3.63) is 71.7 Å². The van der Waals surface area contributed by atoms with Gasteiger partial charge in [0.1, 0.15) is 5.82 Å². The summed E-state index contributed by atoms with van der Waals surface area (Å²) in [5.41, 5.74) is 4.27. The highest BCUT2D eigenvalue weighted by atomic mass is 15.1. The largest absolute Gasteiger partial charge is 0.350 e. The lowest BCUT2D eigenvalue weighted by Gasteiger charge is -2.10. The average Bonchev–Trinajstić information content (AvgIpc) is 2.53. The maximum absolute atomic E-state index is 4.52. The van der Waals surface area contributed by atoms with E-state index in [-0.39, 0.29) is 0 Å². The fourth-order valence-electron chi connectivity index (χ4n) is 2.26. The molecule has 5 heteroatoms. The van der Waals surface area contributed by atoms with Gasteiger partial charge in [0.2, 0.25) is 5.95 Å². The Hall–Kier alpha value is -2.95. The topological polar surface area (TPSA) is 62.7 Å². The van der Waals surface area contributed by atoms with Crippen LogP contribution in [0.15, 0.2) is 54.9 Å². The molecule has 0 amide bonds. The average molecular weight is 305 g/mol. The van der Waals surface area contributed by atoms with Gasteiger partial charge in [-0.3, -0.25) is 4.98 Å². The van der Waals surface area contributed by atoms with Crippen LogP contribution in [0.5, 0.6) is 0 Å². The zero-order valence-corrected chi connectivity index (χ0v) is 13.2. The van der Waals surface area contributed by atoms with E-state index in [4.69, 9.17) is 0 Å². The molecule has 0 unspecified atom stereocenters. The number of hydrogen-bond donors (Lipinski definition) is 2. The van der Waals surface area contributed by atoms with Gasteiger partial charge < -0.3 is 10.6 Å². The van der Waals surface area contributed by atoms with E-state index in [2.05, 4.69) is 44.6 Å². The molecule has 116 valence electrons. The van der Waals surface area contributed by atoms with Gasteiger partial charge in [0, 0.05) is 36.4 Å². The Balaban J connectivity index is 1.73. The Morgan fingerprint density at radius 2 is 1.78 bits per heavy atom. The SMILES string of the molecule is Cc1cccc(Nc2cc(C)nc(NCc3ccncc3)n2)c1. The number of anilines is 3. The Kier molecular flexibility index (Phi) is 4.47. The normalized spacial score (nSPS) is 10.3. The van der Waals surface area contributed by atoms with Gasteiger partial charge in [-0.1, -0.05) is 12.1 Å². The minimum atomic E-state index is 0.608. The summed E-state index contributed by atoms with van der Waals surface area (Å²) in [6.45, 7) is 4.69. The van der Waals surface area contributed by atoms with Crippen molar-refractivity contribution in [2.75, 3.05) is 10.6 Å². The Bertz CT molecular complexity index is 786. The molecule has 0 aliphatic heterocycles. The molecule has 3 aromatic rings. The molecule has 3 rings (SSSR count). The molecule has 0 radical (unpaired) electrons. The highest BCUT2D eigenvalue weighted by Crippen LogP contribution is 2.18. The summed E-state index contributed by atoms with van der Waals surface area (Å²) in [5, 5.41) is 6.57. The zero-order chi connectivity index (χ0) is 16.1. The van der Waals surface area contributed by atoms with Crippen molar-refractivity contribution in [3.8, 4) is 0 Å². The Labute approximate surface area is 135 Å². The van der Waals surface area contributed by atoms with Crippen LogP contribution in [-0.4, -0.2) is 15.0 Å². The van der Waals surface area contributed by atoms with Crippen LogP contribution in [0.25, 0.3) is 0 Å². The molecule has 0 saturated heterocycles. The van der Waals surface area contributed by atoms with Crippen LogP contribution in [-0.2, 0) is 6.54 Å². The van der Waals surface area contributed by atoms with Crippen molar-refractivity contribution in [3.63, 3.8) is 0 Å². The Morgan fingerprint density at radius 1 is 0.957 bits per heavy atom. The summed E-state index contributed by atoms with van der Waals surface area (Å²) in [6.07, 6.45) is 3.55. The first-order valence-corrected chi connectivity index (χ1v) is 7.51. The van der Waals surface area contributed by atoms with Crippen LogP contribution in [0.4, 0.5) is 17.5 Å². The second-order valence-electron chi connectivity index (χ2n) is 5.42. The molecule has 0 aliphatic rings. The second kappa shape index (κ2) is 6.87. The van der Waals surface area contributed by atoms with Crippen LogP contribution in [0.2, 0.25) is 0 Å². The van der Waals surface area contributed by atoms with Gasteiger partial charge in [-0.15, -0.1) is 0 Å². The fraction of sp³-hybridized carbons (Fsp3) is 0.167. The highest BCUT2D eigenvalue weighted by Gasteiger charge is 2.03. The Morgan fingerprint density at radius 3 is 2.57 bits per heavy atom. The van der Waals surface area contributed by atoms with Crippen molar-refractivity contribution >= 4 is 17.5 Å². The van der Waals surface area contributed by atoms with Crippen molar-refractivity contribution in [2.45, 2.75) is 20.4 Å². The van der Waals surface area contributed by atoms with Gasteiger partial charge in [0.05, 0.1) is 0 Å². The molecule has 0 saturated carbocycles. The number of hydrogen-bond acceptors (Lipinski definition) is 5. The van der Waals surface area contributed by atoms with E-state index in [0.29, 0.717) is 12.5 Å². The summed E-state index contributed by atoms with van der Waals surface area (Å²) in [5.74, 6) is 1.39. The van der Waals surface area contributed by atoms with E-state index in [0.717, 1.165) is 22.8 Å². The third-order valence-corrected chi connectivity index (χ3v) is 3.34. The van der Waals surface area contributed by atoms with Gasteiger partial charge in [-0.05, 0) is 49.2 Å². The number of aromatic nitrogens is 3. The first-order valence-electron chi connectivity index (χ1n) is 7.51. The van der Waals surface area contributed by atoms with Gasteiger partial charge in [-0.2, -0.15) is 4.98 Å². The standard InChI is InChI=1S/C18H19N5/c1-13-4-3-5-16(10-13)22-17-11-14(2)21-18(23-17)20-12-15-6-8-19-9-7-15/h3-11H,12H2,1-2H3,(H2,20,21,22,23). The molecule has 2 aromatic heterocycles. The molecule has 0 aliphatic carbocycles. The highest BCUT2D eigenvalue weighted by molar-refractivity contribution is 5.58. The molecule has 23 heavy (non-hydrogen) atoms. The van der Waals surface area contributed by atoms with Crippen LogP contribution >= 0.6 is 0 Å². The quantitative estimate of drug-likeness (QED) is 0.750. The summed E-state index contributed by atoms with van der Waals surface area (Å²) in [4.78, 5) is 13.0. The number of nitrogens with zero attached hydrogens (tertiary/aromatic N) is 3. The molecule has 0 spiro atoms. The van der Waals surface area contributed by atoms with Crippen LogP contribution in [0, 0.1) is 13.8 Å². The predicted molar refractivity (Wildman–Crippen MR) is 92.8 cm³/mol. The number of pyridine rings is 1. The smallest absolute Gasteiger partial charge is 0.225 e. The summed E-state index contributed by atoms with van der Waals surface area (Å²) >= 11 is 0. The van der Waals surface area contributed by atoms with Gasteiger partial charge in [0.25, 0.3) is 0 Å². The van der Waals surface area contributed by atoms with Gasteiger partial charge in [0.15, 0.2) is 0 Å². The van der Waals surface area contributed by atoms with Crippen molar-refractivity contribution in [2.24, 2.45) is 0 Å². The maximum Gasteiger partial charge on any atom is 0.225 e. The van der Waals surface area contributed by atoms with Crippen molar-refractivity contribution < 1.29 is 0 Å². The lowest BCUT2D eigenvalue weighted by molar-refractivity contribution is 1.03. The predicted octanol–water partition coefficient (Wildman–Crippen LogP) is 3.84. The number of nitrogens with one attached hydrogen (secondary N) is 2. The van der Waals surface area contributed by atoms with Gasteiger partial charge in [-0.25, -0.2) is 4.98 Å². The third kappa shape index (κ3) is 4.26. The van der Waals surface area contributed by atoms with Crippen molar-refractivity contribution in [1.29, 1.82) is 0 Å². The fourth-order valence-corrected chi connectivity index (χ4v) is 2.26. The van der Waals surface area contributed by atoms with Gasteiger partial charge >= 0.3 is 0 Å². The van der Waals surface area contributed by atoms with E-state index in [1.165, 1.54) is 5.56 Å². The molecular formula is C18H19N5. The first kappa shape index (κ1) is 15.0. The molecule has 0 atom stereocenters. The lowest BCUT2D eigenvalue weighted by atomic mass is 10.2. The molecule has 0 bridgehead atoms. The van der Waals surface area contributed by atoms with E-state index in [9.17, 15) is 0 Å². The molecular weight excluding hydrogens is 286 g/mol.